The fraction of sp³-hybridized carbons (Fsp3) is 0.278. The molecule has 0 saturated carbocycles. The molecule has 0 spiro atoms. The van der Waals surface area contributed by atoms with Gasteiger partial charge in [-0.1, -0.05) is 13.0 Å². The number of hydrogen-bond acceptors (Lipinski definition) is 4. The molecule has 27 heavy (non-hydrogen) atoms. The first-order valence-corrected chi connectivity index (χ1v) is 9.93. The Balaban J connectivity index is 2.11. The third-order valence-electron chi connectivity index (χ3n) is 3.85. The van der Waals surface area contributed by atoms with Crippen LogP contribution in [-0.4, -0.2) is 33.7 Å². The predicted octanol–water partition coefficient (Wildman–Crippen LogP) is 3.16. The van der Waals surface area contributed by atoms with E-state index in [1.54, 1.807) is 6.92 Å². The lowest BCUT2D eigenvalue weighted by Crippen LogP contribution is -2.33. The van der Waals surface area contributed by atoms with Crippen LogP contribution in [-0.2, 0) is 14.8 Å². The van der Waals surface area contributed by atoms with Gasteiger partial charge < -0.3 is 10.1 Å². The summed E-state index contributed by atoms with van der Waals surface area (Å²) in [5.41, 5.74) is -0.106. The minimum atomic E-state index is -3.40. The molecule has 0 bridgehead atoms. The third kappa shape index (κ3) is 5.16. The highest BCUT2D eigenvalue weighted by Crippen LogP contribution is 2.23. The number of anilines is 2. The molecule has 0 heterocycles. The lowest BCUT2D eigenvalue weighted by atomic mass is 10.2. The lowest BCUT2D eigenvalue weighted by Gasteiger charge is -2.19. The first-order valence-electron chi connectivity index (χ1n) is 8.09. The Morgan fingerprint density at radius 3 is 2.19 bits per heavy atom. The van der Waals surface area contributed by atoms with E-state index in [9.17, 15) is 22.0 Å². The van der Waals surface area contributed by atoms with Crippen LogP contribution in [0.2, 0.25) is 0 Å². The van der Waals surface area contributed by atoms with Crippen LogP contribution in [0.15, 0.2) is 42.5 Å². The van der Waals surface area contributed by atoms with Gasteiger partial charge in [0.15, 0.2) is 6.10 Å². The first kappa shape index (κ1) is 20.6. The van der Waals surface area contributed by atoms with E-state index in [1.807, 2.05) is 0 Å². The molecule has 9 heteroatoms. The number of carbonyl (C=O) groups is 1. The van der Waals surface area contributed by atoms with Gasteiger partial charge in [-0.05, 0) is 42.8 Å². The molecule has 1 amide bonds. The Kier molecular flexibility index (Phi) is 6.37. The van der Waals surface area contributed by atoms with Crippen LogP contribution in [0, 0.1) is 11.6 Å². The molecule has 0 aliphatic heterocycles. The number of amides is 1. The van der Waals surface area contributed by atoms with Gasteiger partial charge in [-0.3, -0.25) is 9.10 Å². The van der Waals surface area contributed by atoms with Crippen molar-refractivity contribution in [1.29, 1.82) is 0 Å². The van der Waals surface area contributed by atoms with Gasteiger partial charge in [0.2, 0.25) is 10.0 Å². The summed E-state index contributed by atoms with van der Waals surface area (Å²) in [5.74, 6) is -2.15. The summed E-state index contributed by atoms with van der Waals surface area (Å²) in [6.07, 6.45) is 0.353. The van der Waals surface area contributed by atoms with Crippen LogP contribution in [0.4, 0.5) is 20.2 Å². The van der Waals surface area contributed by atoms with Gasteiger partial charge in [0.25, 0.3) is 5.91 Å². The number of nitrogens with zero attached hydrogens (tertiary/aromatic N) is 1. The van der Waals surface area contributed by atoms with Gasteiger partial charge in [0.1, 0.15) is 23.1 Å². The molecule has 2 aromatic rings. The molecule has 6 nitrogen and oxygen atoms in total. The molecule has 1 atom stereocenters. The van der Waals surface area contributed by atoms with Gasteiger partial charge in [0.05, 0.1) is 11.9 Å². The van der Waals surface area contributed by atoms with E-state index < -0.39 is 39.4 Å². The summed E-state index contributed by atoms with van der Waals surface area (Å²) < 4.78 is 57.1. The van der Waals surface area contributed by atoms with Crippen LogP contribution < -0.4 is 14.4 Å². The normalized spacial score (nSPS) is 12.3. The van der Waals surface area contributed by atoms with Crippen LogP contribution in [0.1, 0.15) is 13.3 Å². The summed E-state index contributed by atoms with van der Waals surface area (Å²) in [6.45, 7) is 1.69. The van der Waals surface area contributed by atoms with Crippen molar-refractivity contribution in [1.82, 2.24) is 0 Å². The SMILES string of the molecule is CCC(Oc1ccc(N(C)S(C)(=O)=O)cc1)C(=O)Nc1c(F)cccc1F. The van der Waals surface area contributed by atoms with E-state index in [4.69, 9.17) is 4.74 Å². The molecule has 0 saturated heterocycles. The molecule has 1 N–H and O–H groups in total. The zero-order chi connectivity index (χ0) is 20.2. The summed E-state index contributed by atoms with van der Waals surface area (Å²) >= 11 is 0. The summed E-state index contributed by atoms with van der Waals surface area (Å²) in [6, 6.07) is 9.35. The smallest absolute Gasteiger partial charge is 0.265 e. The minimum absolute atomic E-state index is 0.257. The van der Waals surface area contributed by atoms with Gasteiger partial charge >= 0.3 is 0 Å². The Morgan fingerprint density at radius 1 is 1.15 bits per heavy atom. The number of benzene rings is 2. The number of halogens is 2. The molecular formula is C18H20F2N2O4S. The first-order chi connectivity index (χ1) is 12.6. The highest BCUT2D eigenvalue weighted by atomic mass is 32.2. The number of para-hydroxylation sites is 1. The molecule has 0 fully saturated rings. The average molecular weight is 398 g/mol. The highest BCUT2D eigenvalue weighted by molar-refractivity contribution is 7.92. The second kappa shape index (κ2) is 8.34. The molecule has 0 aromatic heterocycles. The fourth-order valence-corrected chi connectivity index (χ4v) is 2.74. The van der Waals surface area contributed by atoms with E-state index in [0.717, 1.165) is 22.7 Å². The molecule has 2 rings (SSSR count). The van der Waals surface area contributed by atoms with E-state index in [2.05, 4.69) is 5.32 Å². The molecule has 1 unspecified atom stereocenters. The van der Waals surface area contributed by atoms with Gasteiger partial charge in [-0.15, -0.1) is 0 Å². The van der Waals surface area contributed by atoms with Crippen molar-refractivity contribution in [3.63, 3.8) is 0 Å². The number of nitrogens with one attached hydrogen (secondary N) is 1. The van der Waals surface area contributed by atoms with Gasteiger partial charge in [-0.25, -0.2) is 17.2 Å². The average Bonchev–Trinajstić information content (AvgIpc) is 2.61. The van der Waals surface area contributed by atoms with Crippen molar-refractivity contribution in [3.8, 4) is 5.75 Å². The van der Waals surface area contributed by atoms with Crippen molar-refractivity contribution >= 4 is 27.3 Å². The van der Waals surface area contributed by atoms with E-state index >= 15 is 0 Å². The number of ether oxygens (including phenoxy) is 1. The topological polar surface area (TPSA) is 75.7 Å². The van der Waals surface area contributed by atoms with Gasteiger partial charge in [-0.2, -0.15) is 0 Å². The Morgan fingerprint density at radius 2 is 1.70 bits per heavy atom. The quantitative estimate of drug-likeness (QED) is 0.777. The second-order valence-electron chi connectivity index (χ2n) is 5.83. The molecule has 0 radical (unpaired) electrons. The standard InChI is InChI=1S/C18H20F2N2O4S/c1-4-16(18(23)21-17-14(19)6-5-7-15(17)20)26-13-10-8-12(9-11-13)22(2)27(3,24)25/h5-11,16H,4H2,1-3H3,(H,21,23). The summed E-state index contributed by atoms with van der Waals surface area (Å²) in [4.78, 5) is 12.3. The fourth-order valence-electron chi connectivity index (χ4n) is 2.23. The maximum Gasteiger partial charge on any atom is 0.265 e. The van der Waals surface area contributed by atoms with E-state index in [1.165, 1.54) is 37.4 Å². The van der Waals surface area contributed by atoms with Crippen molar-refractivity contribution in [2.24, 2.45) is 0 Å². The summed E-state index contributed by atoms with van der Waals surface area (Å²) in [7, 11) is -1.98. The van der Waals surface area contributed by atoms with Crippen molar-refractivity contribution in [2.45, 2.75) is 19.4 Å². The molecule has 0 aliphatic rings. The summed E-state index contributed by atoms with van der Waals surface area (Å²) in [5, 5.41) is 2.20. The van der Waals surface area contributed by atoms with Crippen LogP contribution >= 0.6 is 0 Å². The van der Waals surface area contributed by atoms with E-state index in [-0.39, 0.29) is 6.42 Å². The van der Waals surface area contributed by atoms with Gasteiger partial charge in [0, 0.05) is 7.05 Å². The maximum atomic E-state index is 13.7. The molecule has 146 valence electrons. The number of carbonyl (C=O) groups excluding carboxylic acids is 1. The minimum Gasteiger partial charge on any atom is -0.481 e. The van der Waals surface area contributed by atoms with E-state index in [0.29, 0.717) is 11.4 Å². The van der Waals surface area contributed by atoms with Crippen molar-refractivity contribution < 1.29 is 26.7 Å². The largest absolute Gasteiger partial charge is 0.481 e. The second-order valence-corrected chi connectivity index (χ2v) is 7.84. The maximum absolute atomic E-state index is 13.7. The highest BCUT2D eigenvalue weighted by Gasteiger charge is 2.21. The Labute approximate surface area is 156 Å². The molecular weight excluding hydrogens is 378 g/mol. The molecule has 0 aliphatic carbocycles. The predicted molar refractivity (Wildman–Crippen MR) is 99.4 cm³/mol. The van der Waals surface area contributed by atoms with Crippen molar-refractivity contribution in [2.75, 3.05) is 22.9 Å². The monoisotopic (exact) mass is 398 g/mol. The molecule has 2 aromatic carbocycles. The third-order valence-corrected chi connectivity index (χ3v) is 5.06. The Bertz CT molecular complexity index is 897. The number of sulfonamides is 1. The van der Waals surface area contributed by atoms with Crippen LogP contribution in [0.25, 0.3) is 0 Å². The van der Waals surface area contributed by atoms with Crippen LogP contribution in [0.5, 0.6) is 5.75 Å². The zero-order valence-corrected chi connectivity index (χ0v) is 15.9. The van der Waals surface area contributed by atoms with Crippen LogP contribution in [0.3, 0.4) is 0 Å². The zero-order valence-electron chi connectivity index (χ0n) is 15.1. The van der Waals surface area contributed by atoms with Crippen molar-refractivity contribution in [3.05, 3.63) is 54.1 Å². The number of rotatable bonds is 7. The Hall–Kier alpha value is -2.68. The number of hydrogen-bond donors (Lipinski definition) is 1. The lowest BCUT2D eigenvalue weighted by molar-refractivity contribution is -0.122.